The van der Waals surface area contributed by atoms with Crippen molar-refractivity contribution in [2.45, 2.75) is 12.5 Å². The Labute approximate surface area is 87.7 Å². The van der Waals surface area contributed by atoms with Crippen LogP contribution in [-0.4, -0.2) is 34.9 Å². The zero-order chi connectivity index (χ0) is 9.80. The maximum absolute atomic E-state index is 11.7. The predicted molar refractivity (Wildman–Crippen MR) is 58.9 cm³/mol. The molecule has 1 aliphatic rings. The van der Waals surface area contributed by atoms with Crippen molar-refractivity contribution in [3.05, 3.63) is 24.0 Å². The molecule has 76 valence electrons. The lowest BCUT2D eigenvalue weighted by Crippen LogP contribution is -2.38. The van der Waals surface area contributed by atoms with Crippen LogP contribution in [0.1, 0.15) is 16.9 Å². The summed E-state index contributed by atoms with van der Waals surface area (Å²) >= 11 is 1.92. The van der Waals surface area contributed by atoms with E-state index in [1.165, 1.54) is 0 Å². The Morgan fingerprint density at radius 1 is 1.64 bits per heavy atom. The molecule has 0 spiro atoms. The van der Waals surface area contributed by atoms with Crippen LogP contribution in [-0.2, 0) is 0 Å². The van der Waals surface area contributed by atoms with Gasteiger partial charge in [0, 0.05) is 36.7 Å². The van der Waals surface area contributed by atoms with Crippen LogP contribution >= 0.6 is 11.8 Å². The number of carbonyl (C=O) groups is 1. The predicted octanol–water partition coefficient (Wildman–Crippen LogP) is 1.29. The third-order valence-electron chi connectivity index (χ3n) is 2.33. The van der Waals surface area contributed by atoms with Crippen LogP contribution in [0, 0.1) is 0 Å². The lowest BCUT2D eigenvalue weighted by atomic mass is 10.1. The number of thioether (sulfide) groups is 1. The highest BCUT2D eigenvalue weighted by Gasteiger charge is 2.17. The summed E-state index contributed by atoms with van der Waals surface area (Å²) in [5.41, 5.74) is 0.724. The van der Waals surface area contributed by atoms with E-state index in [1.807, 2.05) is 23.9 Å². The minimum Gasteiger partial charge on any atom is -0.359 e. The molecule has 3 nitrogen and oxygen atoms in total. The van der Waals surface area contributed by atoms with Gasteiger partial charge in [-0.3, -0.25) is 4.79 Å². The molecule has 14 heavy (non-hydrogen) atoms. The fourth-order valence-corrected chi connectivity index (χ4v) is 2.54. The summed E-state index contributed by atoms with van der Waals surface area (Å²) in [6.45, 7) is 1.02. The first-order valence-electron chi connectivity index (χ1n) is 4.84. The van der Waals surface area contributed by atoms with E-state index in [2.05, 4.69) is 10.3 Å². The standard InChI is InChI=1S/C10H14N2OS/c13-10(9-2-1-3-12-9)6-8-7-14-5-4-11-8/h1-3,8,11-12H,4-7H2. The van der Waals surface area contributed by atoms with Crippen molar-refractivity contribution in [2.75, 3.05) is 18.1 Å². The molecular formula is C10H14N2OS. The van der Waals surface area contributed by atoms with E-state index in [4.69, 9.17) is 0 Å². The molecule has 1 aliphatic heterocycles. The lowest BCUT2D eigenvalue weighted by Gasteiger charge is -2.22. The van der Waals surface area contributed by atoms with Gasteiger partial charge in [-0.25, -0.2) is 0 Å². The molecule has 0 bridgehead atoms. The summed E-state index contributed by atoms with van der Waals surface area (Å²) in [6, 6.07) is 4.04. The summed E-state index contributed by atoms with van der Waals surface area (Å²) in [6.07, 6.45) is 2.39. The van der Waals surface area contributed by atoms with E-state index in [0.717, 1.165) is 23.7 Å². The molecule has 0 aromatic carbocycles. The number of hydrogen-bond acceptors (Lipinski definition) is 3. The Hall–Kier alpha value is -0.740. The van der Waals surface area contributed by atoms with Gasteiger partial charge in [-0.05, 0) is 12.1 Å². The molecule has 1 fully saturated rings. The summed E-state index contributed by atoms with van der Waals surface area (Å²) in [5.74, 6) is 2.41. The van der Waals surface area contributed by atoms with Crippen LogP contribution in [0.2, 0.25) is 0 Å². The second-order valence-electron chi connectivity index (χ2n) is 3.44. The molecule has 1 atom stereocenters. The first kappa shape index (κ1) is 9.80. The van der Waals surface area contributed by atoms with E-state index in [0.29, 0.717) is 12.5 Å². The third-order valence-corrected chi connectivity index (χ3v) is 3.46. The van der Waals surface area contributed by atoms with Crippen LogP contribution in [0.3, 0.4) is 0 Å². The van der Waals surface area contributed by atoms with Gasteiger partial charge in [-0.2, -0.15) is 11.8 Å². The van der Waals surface area contributed by atoms with Crippen molar-refractivity contribution in [3.63, 3.8) is 0 Å². The average molecular weight is 210 g/mol. The SMILES string of the molecule is O=C(CC1CSCCN1)c1ccc[nH]1. The maximum atomic E-state index is 11.7. The second kappa shape index (κ2) is 4.66. The molecule has 0 saturated carbocycles. The van der Waals surface area contributed by atoms with E-state index in [9.17, 15) is 4.79 Å². The summed E-state index contributed by atoms with van der Waals surface area (Å²) < 4.78 is 0. The van der Waals surface area contributed by atoms with Gasteiger partial charge in [-0.1, -0.05) is 0 Å². The number of aromatic amines is 1. The Morgan fingerprint density at radius 3 is 3.21 bits per heavy atom. The van der Waals surface area contributed by atoms with Gasteiger partial charge >= 0.3 is 0 Å². The zero-order valence-corrected chi connectivity index (χ0v) is 8.77. The van der Waals surface area contributed by atoms with Crippen molar-refractivity contribution >= 4 is 17.5 Å². The Kier molecular flexibility index (Phi) is 3.26. The molecule has 2 heterocycles. The van der Waals surface area contributed by atoms with E-state index in [1.54, 1.807) is 6.20 Å². The number of ketones is 1. The summed E-state index contributed by atoms with van der Waals surface area (Å²) in [5, 5.41) is 3.36. The van der Waals surface area contributed by atoms with Crippen molar-refractivity contribution in [3.8, 4) is 0 Å². The third kappa shape index (κ3) is 2.39. The number of rotatable bonds is 3. The minimum absolute atomic E-state index is 0.204. The topological polar surface area (TPSA) is 44.9 Å². The lowest BCUT2D eigenvalue weighted by molar-refractivity contribution is 0.0968. The van der Waals surface area contributed by atoms with Gasteiger partial charge in [-0.15, -0.1) is 0 Å². The number of aromatic nitrogens is 1. The molecule has 2 rings (SSSR count). The number of nitrogens with one attached hydrogen (secondary N) is 2. The number of carbonyl (C=O) groups excluding carboxylic acids is 1. The second-order valence-corrected chi connectivity index (χ2v) is 4.59. The van der Waals surface area contributed by atoms with Gasteiger partial charge in [0.05, 0.1) is 5.69 Å². The van der Waals surface area contributed by atoms with Crippen LogP contribution < -0.4 is 5.32 Å². The van der Waals surface area contributed by atoms with Gasteiger partial charge in [0.25, 0.3) is 0 Å². The van der Waals surface area contributed by atoms with Gasteiger partial charge in [0.2, 0.25) is 0 Å². The molecule has 0 amide bonds. The van der Waals surface area contributed by atoms with E-state index < -0.39 is 0 Å². The monoisotopic (exact) mass is 210 g/mol. The van der Waals surface area contributed by atoms with Crippen molar-refractivity contribution < 1.29 is 4.79 Å². The molecule has 1 aromatic rings. The quantitative estimate of drug-likeness (QED) is 0.739. The van der Waals surface area contributed by atoms with Crippen LogP contribution in [0.15, 0.2) is 18.3 Å². The zero-order valence-electron chi connectivity index (χ0n) is 7.95. The van der Waals surface area contributed by atoms with Crippen molar-refractivity contribution in [1.82, 2.24) is 10.3 Å². The Morgan fingerprint density at radius 2 is 2.57 bits per heavy atom. The molecule has 1 saturated heterocycles. The Bertz CT molecular complexity index is 291. The summed E-state index contributed by atoms with van der Waals surface area (Å²) in [7, 11) is 0. The van der Waals surface area contributed by atoms with E-state index >= 15 is 0 Å². The highest BCUT2D eigenvalue weighted by molar-refractivity contribution is 7.99. The minimum atomic E-state index is 0.204. The molecule has 1 unspecified atom stereocenters. The largest absolute Gasteiger partial charge is 0.359 e. The smallest absolute Gasteiger partial charge is 0.180 e. The van der Waals surface area contributed by atoms with Crippen LogP contribution in [0.25, 0.3) is 0 Å². The highest BCUT2D eigenvalue weighted by atomic mass is 32.2. The molecule has 0 radical (unpaired) electrons. The van der Waals surface area contributed by atoms with Crippen molar-refractivity contribution in [1.29, 1.82) is 0 Å². The van der Waals surface area contributed by atoms with Crippen LogP contribution in [0.4, 0.5) is 0 Å². The van der Waals surface area contributed by atoms with Gasteiger partial charge < -0.3 is 10.3 Å². The molecular weight excluding hydrogens is 196 g/mol. The first-order valence-corrected chi connectivity index (χ1v) is 5.99. The number of Topliss-reactive ketones (excluding diaryl/α,β-unsaturated/α-hetero) is 1. The number of H-pyrrole nitrogens is 1. The average Bonchev–Trinajstić information content (AvgIpc) is 2.72. The fraction of sp³-hybridized carbons (Fsp3) is 0.500. The number of hydrogen-bond donors (Lipinski definition) is 2. The maximum Gasteiger partial charge on any atom is 0.180 e. The molecule has 4 heteroatoms. The Balaban J connectivity index is 1.87. The van der Waals surface area contributed by atoms with Crippen molar-refractivity contribution in [2.24, 2.45) is 0 Å². The highest BCUT2D eigenvalue weighted by Crippen LogP contribution is 2.12. The van der Waals surface area contributed by atoms with Gasteiger partial charge in [0.1, 0.15) is 0 Å². The molecule has 2 N–H and O–H groups in total. The first-order chi connectivity index (χ1) is 6.86. The summed E-state index contributed by atoms with van der Waals surface area (Å²) in [4.78, 5) is 14.6. The van der Waals surface area contributed by atoms with Crippen LogP contribution in [0.5, 0.6) is 0 Å². The molecule has 0 aliphatic carbocycles. The fourth-order valence-electron chi connectivity index (χ4n) is 1.59. The molecule has 1 aromatic heterocycles. The van der Waals surface area contributed by atoms with Gasteiger partial charge in [0.15, 0.2) is 5.78 Å². The normalized spacial score (nSPS) is 22.1. The van der Waals surface area contributed by atoms with E-state index in [-0.39, 0.29) is 5.78 Å².